The fourth-order valence-corrected chi connectivity index (χ4v) is 3.23. The van der Waals surface area contributed by atoms with E-state index in [-0.39, 0.29) is 5.91 Å². The maximum Gasteiger partial charge on any atom is 0.254 e. The fourth-order valence-electron chi connectivity index (χ4n) is 3.11. The minimum atomic E-state index is 0.0603. The highest BCUT2D eigenvalue weighted by Crippen LogP contribution is 2.21. The van der Waals surface area contributed by atoms with E-state index in [0.29, 0.717) is 18.7 Å². The number of carbonyl (C=O) groups excluding carboxylic acids is 1. The Morgan fingerprint density at radius 2 is 1.62 bits per heavy atom. The lowest BCUT2D eigenvalue weighted by atomic mass is 10.1. The maximum atomic E-state index is 12.7. The lowest BCUT2D eigenvalue weighted by molar-refractivity contribution is 0.0730. The minimum absolute atomic E-state index is 0.0603. The number of nitrogens with zero attached hydrogens (tertiary/aromatic N) is 1. The van der Waals surface area contributed by atoms with Gasteiger partial charge in [0.05, 0.1) is 6.26 Å². The van der Waals surface area contributed by atoms with Crippen LogP contribution < -0.4 is 0 Å². The Morgan fingerprint density at radius 3 is 2.31 bits per heavy atom. The van der Waals surface area contributed by atoms with Crippen molar-refractivity contribution < 1.29 is 9.21 Å². The SMILES string of the molecule is O=C(c1ccc(C=Cc2ccc(Cl)cc2)cc1)N1CCc2occc2C1. The van der Waals surface area contributed by atoms with Crippen molar-refractivity contribution in [1.29, 1.82) is 0 Å². The first kappa shape index (κ1) is 16.7. The van der Waals surface area contributed by atoms with Gasteiger partial charge in [0.1, 0.15) is 5.76 Å². The largest absolute Gasteiger partial charge is 0.469 e. The average Bonchev–Trinajstić information content (AvgIpc) is 3.15. The summed E-state index contributed by atoms with van der Waals surface area (Å²) in [7, 11) is 0. The van der Waals surface area contributed by atoms with Crippen LogP contribution in [0.5, 0.6) is 0 Å². The number of amides is 1. The van der Waals surface area contributed by atoms with E-state index in [0.717, 1.165) is 33.9 Å². The first-order valence-corrected chi connectivity index (χ1v) is 8.95. The highest BCUT2D eigenvalue weighted by atomic mass is 35.5. The summed E-state index contributed by atoms with van der Waals surface area (Å²) in [5.41, 5.74) is 3.94. The molecule has 1 aromatic heterocycles. The third kappa shape index (κ3) is 3.58. The highest BCUT2D eigenvalue weighted by Gasteiger charge is 2.23. The molecule has 0 bridgehead atoms. The molecule has 4 heteroatoms. The number of halogens is 1. The van der Waals surface area contributed by atoms with E-state index in [4.69, 9.17) is 16.0 Å². The van der Waals surface area contributed by atoms with Gasteiger partial charge in [-0.2, -0.15) is 0 Å². The Bertz CT molecular complexity index is 939. The molecule has 0 N–H and O–H groups in total. The van der Waals surface area contributed by atoms with Gasteiger partial charge < -0.3 is 9.32 Å². The number of furan rings is 1. The van der Waals surface area contributed by atoms with Crippen LogP contribution >= 0.6 is 11.6 Å². The van der Waals surface area contributed by atoms with Crippen LogP contribution in [0.15, 0.2) is 65.3 Å². The molecule has 0 spiro atoms. The van der Waals surface area contributed by atoms with Gasteiger partial charge in [-0.3, -0.25) is 4.79 Å². The second-order valence-corrected chi connectivity index (χ2v) is 6.79. The Kier molecular flexibility index (Phi) is 4.63. The Labute approximate surface area is 157 Å². The molecule has 0 saturated heterocycles. The molecule has 0 radical (unpaired) electrons. The Balaban J connectivity index is 1.44. The van der Waals surface area contributed by atoms with Crippen molar-refractivity contribution in [1.82, 2.24) is 4.90 Å². The second kappa shape index (κ2) is 7.22. The average molecular weight is 364 g/mol. The van der Waals surface area contributed by atoms with E-state index in [9.17, 15) is 4.79 Å². The molecule has 0 unspecified atom stereocenters. The van der Waals surface area contributed by atoms with E-state index in [2.05, 4.69) is 0 Å². The van der Waals surface area contributed by atoms with E-state index in [1.54, 1.807) is 6.26 Å². The monoisotopic (exact) mass is 363 g/mol. The van der Waals surface area contributed by atoms with Crippen LogP contribution in [0.4, 0.5) is 0 Å². The number of benzene rings is 2. The zero-order chi connectivity index (χ0) is 17.9. The number of carbonyl (C=O) groups is 1. The van der Waals surface area contributed by atoms with E-state index in [1.165, 1.54) is 0 Å². The summed E-state index contributed by atoms with van der Waals surface area (Å²) in [6.45, 7) is 1.31. The molecule has 0 saturated carbocycles. The first-order chi connectivity index (χ1) is 12.7. The molecule has 130 valence electrons. The lowest BCUT2D eigenvalue weighted by Gasteiger charge is -2.26. The third-order valence-corrected chi connectivity index (χ3v) is 4.84. The topological polar surface area (TPSA) is 33.5 Å². The van der Waals surface area contributed by atoms with Crippen LogP contribution in [0.2, 0.25) is 5.02 Å². The molecular weight excluding hydrogens is 346 g/mol. The van der Waals surface area contributed by atoms with Gasteiger partial charge >= 0.3 is 0 Å². The summed E-state index contributed by atoms with van der Waals surface area (Å²) in [4.78, 5) is 14.6. The lowest BCUT2D eigenvalue weighted by Crippen LogP contribution is -2.35. The van der Waals surface area contributed by atoms with Crippen LogP contribution in [0.1, 0.15) is 32.8 Å². The summed E-state index contributed by atoms with van der Waals surface area (Å²) in [5.74, 6) is 1.06. The smallest absolute Gasteiger partial charge is 0.254 e. The van der Waals surface area contributed by atoms with Gasteiger partial charge in [0.15, 0.2) is 0 Å². The quantitative estimate of drug-likeness (QED) is 0.591. The summed E-state index contributed by atoms with van der Waals surface area (Å²) in [6.07, 6.45) is 6.52. The highest BCUT2D eigenvalue weighted by molar-refractivity contribution is 6.30. The van der Waals surface area contributed by atoms with Gasteiger partial charge in [0, 0.05) is 35.7 Å². The van der Waals surface area contributed by atoms with Crippen LogP contribution in [0.25, 0.3) is 12.2 Å². The van der Waals surface area contributed by atoms with Gasteiger partial charge in [-0.15, -0.1) is 0 Å². The molecule has 0 aliphatic carbocycles. The third-order valence-electron chi connectivity index (χ3n) is 4.59. The molecule has 1 aliphatic heterocycles. The molecule has 3 nitrogen and oxygen atoms in total. The van der Waals surface area contributed by atoms with Crippen molar-refractivity contribution in [2.24, 2.45) is 0 Å². The molecule has 1 amide bonds. The number of rotatable bonds is 3. The Hall–Kier alpha value is -2.78. The van der Waals surface area contributed by atoms with E-state index < -0.39 is 0 Å². The van der Waals surface area contributed by atoms with Crippen molar-refractivity contribution >= 4 is 29.7 Å². The molecule has 4 rings (SSSR count). The fraction of sp³-hybridized carbons (Fsp3) is 0.136. The molecule has 26 heavy (non-hydrogen) atoms. The molecular formula is C22H18ClNO2. The first-order valence-electron chi connectivity index (χ1n) is 8.57. The minimum Gasteiger partial charge on any atom is -0.469 e. The summed E-state index contributed by atoms with van der Waals surface area (Å²) < 4.78 is 5.42. The maximum absolute atomic E-state index is 12.7. The predicted molar refractivity (Wildman–Crippen MR) is 104 cm³/mol. The Morgan fingerprint density at radius 1 is 0.962 bits per heavy atom. The molecule has 2 heterocycles. The molecule has 3 aromatic rings. The molecule has 2 aromatic carbocycles. The van der Waals surface area contributed by atoms with Crippen molar-refractivity contribution in [3.05, 3.63) is 93.9 Å². The molecule has 0 atom stereocenters. The van der Waals surface area contributed by atoms with Crippen LogP contribution in [-0.2, 0) is 13.0 Å². The van der Waals surface area contributed by atoms with Gasteiger partial charge in [-0.05, 0) is 41.5 Å². The van der Waals surface area contributed by atoms with Gasteiger partial charge in [-0.25, -0.2) is 0 Å². The summed E-state index contributed by atoms with van der Waals surface area (Å²) in [6, 6.07) is 17.3. The number of fused-ring (bicyclic) bond motifs is 1. The van der Waals surface area contributed by atoms with Crippen LogP contribution in [0, 0.1) is 0 Å². The van der Waals surface area contributed by atoms with Crippen LogP contribution in [-0.4, -0.2) is 17.4 Å². The summed E-state index contributed by atoms with van der Waals surface area (Å²) in [5, 5.41) is 0.727. The van der Waals surface area contributed by atoms with Crippen LogP contribution in [0.3, 0.4) is 0 Å². The predicted octanol–water partition coefficient (Wildman–Crippen LogP) is 5.30. The zero-order valence-electron chi connectivity index (χ0n) is 14.2. The normalized spacial score (nSPS) is 13.8. The number of hydrogen-bond acceptors (Lipinski definition) is 2. The van der Waals surface area contributed by atoms with Gasteiger partial charge in [-0.1, -0.05) is 48.0 Å². The molecule has 0 fully saturated rings. The van der Waals surface area contributed by atoms with Crippen molar-refractivity contribution in [3.63, 3.8) is 0 Å². The van der Waals surface area contributed by atoms with Crippen molar-refractivity contribution in [2.75, 3.05) is 6.54 Å². The van der Waals surface area contributed by atoms with E-state index >= 15 is 0 Å². The second-order valence-electron chi connectivity index (χ2n) is 6.35. The van der Waals surface area contributed by atoms with E-state index in [1.807, 2.05) is 71.6 Å². The standard InChI is InChI=1S/C22H18ClNO2/c23-20-9-5-17(6-10-20)2-1-16-3-7-18(8-4-16)22(25)24-13-11-21-19(15-24)12-14-26-21/h1-10,12,14H,11,13,15H2. The van der Waals surface area contributed by atoms with Gasteiger partial charge in [0.2, 0.25) is 0 Å². The zero-order valence-corrected chi connectivity index (χ0v) is 14.9. The van der Waals surface area contributed by atoms with Crippen molar-refractivity contribution in [2.45, 2.75) is 13.0 Å². The number of hydrogen-bond donors (Lipinski definition) is 0. The van der Waals surface area contributed by atoms with Gasteiger partial charge in [0.25, 0.3) is 5.91 Å². The summed E-state index contributed by atoms with van der Waals surface area (Å²) >= 11 is 5.90. The molecule has 1 aliphatic rings. The van der Waals surface area contributed by atoms with Crippen molar-refractivity contribution in [3.8, 4) is 0 Å².